The van der Waals surface area contributed by atoms with E-state index >= 15 is 0 Å². The monoisotopic (exact) mass is 389 g/mol. The van der Waals surface area contributed by atoms with Crippen molar-refractivity contribution in [2.45, 2.75) is 38.8 Å². The molecule has 4 rings (SSSR count). The van der Waals surface area contributed by atoms with E-state index in [1.165, 1.54) is 40.5 Å². The number of carbonyl (C=O) groups excluding carboxylic acids is 1. The first kappa shape index (κ1) is 18.4. The maximum Gasteiger partial charge on any atom is 0.308 e. The summed E-state index contributed by atoms with van der Waals surface area (Å²) in [6, 6.07) is 6.10. The number of aryl methyl sites for hydroxylation is 1. The van der Waals surface area contributed by atoms with E-state index in [2.05, 4.69) is 4.90 Å². The van der Waals surface area contributed by atoms with Gasteiger partial charge in [-0.15, -0.1) is 0 Å². The first-order valence-corrected chi connectivity index (χ1v) is 10.4. The molecule has 0 radical (unpaired) electrons. The lowest BCUT2D eigenvalue weighted by Crippen LogP contribution is -2.50. The summed E-state index contributed by atoms with van der Waals surface area (Å²) in [6.07, 6.45) is 4.69. The average Bonchev–Trinajstić information content (AvgIpc) is 2.99. The molecule has 0 N–H and O–H groups in total. The van der Waals surface area contributed by atoms with Gasteiger partial charge in [0, 0.05) is 36.8 Å². The van der Waals surface area contributed by atoms with Crippen LogP contribution in [0.3, 0.4) is 0 Å². The predicted octanol–water partition coefficient (Wildman–Crippen LogP) is 2.27. The fraction of sp³-hybridized carbons (Fsp3) is 0.500. The van der Waals surface area contributed by atoms with Crippen molar-refractivity contribution in [1.82, 2.24) is 14.4 Å². The Hall–Kier alpha value is -1.99. The Balaban J connectivity index is 1.33. The first-order chi connectivity index (χ1) is 13.1. The molecule has 2 aromatic rings. The van der Waals surface area contributed by atoms with E-state index in [9.17, 15) is 14.0 Å². The third kappa shape index (κ3) is 4.14. The minimum Gasteiger partial charge on any atom is -0.340 e. The molecule has 0 unspecified atom stereocenters. The van der Waals surface area contributed by atoms with Crippen molar-refractivity contribution in [2.75, 3.05) is 26.2 Å². The van der Waals surface area contributed by atoms with Crippen LogP contribution >= 0.6 is 11.3 Å². The fourth-order valence-electron chi connectivity index (χ4n) is 3.90. The molecule has 1 saturated heterocycles. The molecule has 1 aliphatic carbocycles. The van der Waals surface area contributed by atoms with Gasteiger partial charge < -0.3 is 4.90 Å². The van der Waals surface area contributed by atoms with Crippen LogP contribution < -0.4 is 4.87 Å². The number of thiazole rings is 1. The number of benzene rings is 1. The summed E-state index contributed by atoms with van der Waals surface area (Å²) >= 11 is 1.40. The molecular formula is C20H24FN3O2S. The minimum atomic E-state index is -0.286. The number of fused-ring (bicyclic) bond motifs is 1. The quantitative estimate of drug-likeness (QED) is 0.806. The SMILES string of the molecule is O=C(Cc1ccc(F)cc1)N1CCN(Cn2c3c(sc2=O)CCCC3)CC1. The number of nitrogens with zero attached hydrogens (tertiary/aromatic N) is 3. The summed E-state index contributed by atoms with van der Waals surface area (Å²) in [7, 11) is 0. The lowest BCUT2D eigenvalue weighted by atomic mass is 10.0. The predicted molar refractivity (Wildman–Crippen MR) is 103 cm³/mol. The Bertz CT molecular complexity index is 866. The van der Waals surface area contributed by atoms with Crippen LogP contribution in [-0.2, 0) is 30.7 Å². The molecule has 1 fully saturated rings. The lowest BCUT2D eigenvalue weighted by Gasteiger charge is -2.35. The van der Waals surface area contributed by atoms with Crippen LogP contribution in [0.5, 0.6) is 0 Å². The molecule has 1 aliphatic heterocycles. The third-order valence-corrected chi connectivity index (χ3v) is 6.56. The molecule has 0 spiro atoms. The summed E-state index contributed by atoms with van der Waals surface area (Å²) in [5.74, 6) is -0.211. The van der Waals surface area contributed by atoms with E-state index in [1.54, 1.807) is 12.1 Å². The van der Waals surface area contributed by atoms with Gasteiger partial charge in [0.05, 0.1) is 13.1 Å². The molecule has 1 aromatic carbocycles. The fourth-order valence-corrected chi connectivity index (χ4v) is 4.96. The molecule has 0 bridgehead atoms. The van der Waals surface area contributed by atoms with Crippen molar-refractivity contribution in [2.24, 2.45) is 0 Å². The highest BCUT2D eigenvalue weighted by Gasteiger charge is 2.24. The van der Waals surface area contributed by atoms with Gasteiger partial charge >= 0.3 is 4.87 Å². The maximum absolute atomic E-state index is 13.0. The van der Waals surface area contributed by atoms with E-state index in [0.717, 1.165) is 37.9 Å². The van der Waals surface area contributed by atoms with E-state index in [4.69, 9.17) is 0 Å². The van der Waals surface area contributed by atoms with Crippen molar-refractivity contribution in [3.05, 3.63) is 55.9 Å². The highest BCUT2D eigenvalue weighted by Crippen LogP contribution is 2.23. The zero-order valence-corrected chi connectivity index (χ0v) is 16.1. The lowest BCUT2D eigenvalue weighted by molar-refractivity contribution is -0.132. The molecule has 27 heavy (non-hydrogen) atoms. The van der Waals surface area contributed by atoms with E-state index < -0.39 is 0 Å². The summed E-state index contributed by atoms with van der Waals surface area (Å²) in [5, 5.41) is 0. The van der Waals surface area contributed by atoms with Gasteiger partial charge in [-0.3, -0.25) is 19.1 Å². The van der Waals surface area contributed by atoms with Crippen LogP contribution in [0.4, 0.5) is 4.39 Å². The van der Waals surface area contributed by atoms with Crippen molar-refractivity contribution in [3.8, 4) is 0 Å². The van der Waals surface area contributed by atoms with Gasteiger partial charge in [-0.2, -0.15) is 0 Å². The molecule has 2 heterocycles. The molecule has 5 nitrogen and oxygen atoms in total. The van der Waals surface area contributed by atoms with Crippen molar-refractivity contribution in [3.63, 3.8) is 0 Å². The highest BCUT2D eigenvalue weighted by atomic mass is 32.1. The van der Waals surface area contributed by atoms with Crippen LogP contribution in [0.15, 0.2) is 29.1 Å². The zero-order valence-electron chi connectivity index (χ0n) is 15.3. The second-order valence-electron chi connectivity index (χ2n) is 7.32. The molecule has 144 valence electrons. The summed E-state index contributed by atoms with van der Waals surface area (Å²) in [4.78, 5) is 30.4. The molecule has 1 amide bonds. The number of piperazine rings is 1. The van der Waals surface area contributed by atoms with Gasteiger partial charge in [-0.05, 0) is 43.4 Å². The van der Waals surface area contributed by atoms with Gasteiger partial charge in [-0.1, -0.05) is 23.5 Å². The Labute approximate surface area is 162 Å². The Morgan fingerprint density at radius 1 is 1.04 bits per heavy atom. The number of hydrogen-bond acceptors (Lipinski definition) is 4. The summed E-state index contributed by atoms with van der Waals surface area (Å²) in [6.45, 7) is 3.51. The standard InChI is InChI=1S/C20H24FN3O2S/c21-16-7-5-15(6-8-16)13-19(25)23-11-9-22(10-12-23)14-24-17-3-1-2-4-18(17)27-20(24)26/h5-8H,1-4,9-14H2. The molecule has 7 heteroatoms. The Kier molecular flexibility index (Phi) is 5.41. The van der Waals surface area contributed by atoms with Crippen molar-refractivity contribution < 1.29 is 9.18 Å². The van der Waals surface area contributed by atoms with E-state index in [0.29, 0.717) is 26.2 Å². The first-order valence-electron chi connectivity index (χ1n) is 9.56. The van der Waals surface area contributed by atoms with Gasteiger partial charge in [0.25, 0.3) is 0 Å². The number of aromatic nitrogens is 1. The van der Waals surface area contributed by atoms with E-state index in [-0.39, 0.29) is 16.6 Å². The molecule has 1 aromatic heterocycles. The number of halogens is 1. The topological polar surface area (TPSA) is 45.6 Å². The second-order valence-corrected chi connectivity index (χ2v) is 8.36. The second kappa shape index (κ2) is 7.94. The highest BCUT2D eigenvalue weighted by molar-refractivity contribution is 7.09. The summed E-state index contributed by atoms with van der Waals surface area (Å²) < 4.78 is 14.9. The molecule has 0 saturated carbocycles. The Morgan fingerprint density at radius 2 is 1.74 bits per heavy atom. The van der Waals surface area contributed by atoms with Gasteiger partial charge in [0.15, 0.2) is 0 Å². The summed E-state index contributed by atoms with van der Waals surface area (Å²) in [5.41, 5.74) is 2.06. The number of amides is 1. The Morgan fingerprint density at radius 3 is 2.48 bits per heavy atom. The molecular weight excluding hydrogens is 365 g/mol. The van der Waals surface area contributed by atoms with Gasteiger partial charge in [-0.25, -0.2) is 4.39 Å². The smallest absolute Gasteiger partial charge is 0.308 e. The normalized spacial score (nSPS) is 17.7. The number of hydrogen-bond donors (Lipinski definition) is 0. The van der Waals surface area contributed by atoms with Crippen LogP contribution in [0.1, 0.15) is 29.0 Å². The van der Waals surface area contributed by atoms with Gasteiger partial charge in [0.1, 0.15) is 5.82 Å². The van der Waals surface area contributed by atoms with Crippen LogP contribution in [0.2, 0.25) is 0 Å². The van der Waals surface area contributed by atoms with Crippen LogP contribution in [0.25, 0.3) is 0 Å². The minimum absolute atomic E-state index is 0.0753. The average molecular weight is 389 g/mol. The number of carbonyl (C=O) groups is 1. The largest absolute Gasteiger partial charge is 0.340 e. The third-order valence-electron chi connectivity index (χ3n) is 5.48. The zero-order chi connectivity index (χ0) is 18.8. The molecule has 2 aliphatic rings. The van der Waals surface area contributed by atoms with Crippen molar-refractivity contribution in [1.29, 1.82) is 0 Å². The van der Waals surface area contributed by atoms with Crippen LogP contribution in [-0.4, -0.2) is 46.5 Å². The molecule has 0 atom stereocenters. The maximum atomic E-state index is 13.0. The van der Waals surface area contributed by atoms with E-state index in [1.807, 2.05) is 9.47 Å². The van der Waals surface area contributed by atoms with Crippen LogP contribution in [0, 0.1) is 5.82 Å². The van der Waals surface area contributed by atoms with Crippen molar-refractivity contribution >= 4 is 17.2 Å². The van der Waals surface area contributed by atoms with Gasteiger partial charge in [0.2, 0.25) is 5.91 Å². The number of rotatable bonds is 4.